The summed E-state index contributed by atoms with van der Waals surface area (Å²) < 4.78 is 2.14. The minimum atomic E-state index is 0.777. The lowest BCUT2D eigenvalue weighted by atomic mass is 10.2. The Morgan fingerprint density at radius 1 is 1.30 bits per heavy atom. The fraction of sp³-hybridized carbons (Fsp3) is 0.562. The molecule has 0 aromatic carbocycles. The third-order valence-corrected chi connectivity index (χ3v) is 5.37. The number of aromatic nitrogens is 2. The molecule has 20 heavy (non-hydrogen) atoms. The molecule has 4 heteroatoms. The predicted molar refractivity (Wildman–Crippen MR) is 84.5 cm³/mol. The quantitative estimate of drug-likeness (QED) is 0.913. The molecule has 1 aliphatic rings. The molecule has 0 unspecified atom stereocenters. The van der Waals surface area contributed by atoms with Gasteiger partial charge >= 0.3 is 0 Å². The molecule has 2 aromatic heterocycles. The Morgan fingerprint density at radius 3 is 2.65 bits per heavy atom. The highest BCUT2D eigenvalue weighted by Gasteiger charge is 2.20. The topological polar surface area (TPSA) is 29.9 Å². The average Bonchev–Trinajstić information content (AvgIpc) is 3.14. The first-order valence-electron chi connectivity index (χ1n) is 7.36. The Bertz CT molecular complexity index is 620. The Hall–Kier alpha value is -1.13. The van der Waals surface area contributed by atoms with Crippen molar-refractivity contribution in [2.45, 2.75) is 59.7 Å². The van der Waals surface area contributed by atoms with Crippen LogP contribution < -0.4 is 5.32 Å². The first kappa shape index (κ1) is 13.8. The van der Waals surface area contributed by atoms with Gasteiger partial charge in [-0.1, -0.05) is 0 Å². The normalized spacial score (nSPS) is 15.0. The second-order valence-corrected chi connectivity index (χ2v) is 7.24. The molecule has 3 rings (SSSR count). The van der Waals surface area contributed by atoms with E-state index in [4.69, 9.17) is 0 Å². The summed E-state index contributed by atoms with van der Waals surface area (Å²) in [5, 5.41) is 8.24. The molecule has 0 radical (unpaired) electrons. The van der Waals surface area contributed by atoms with E-state index in [0.29, 0.717) is 0 Å². The summed E-state index contributed by atoms with van der Waals surface area (Å²) in [5.41, 5.74) is 5.15. The van der Waals surface area contributed by atoms with Crippen LogP contribution in [0.4, 0.5) is 0 Å². The summed E-state index contributed by atoms with van der Waals surface area (Å²) in [6.07, 6.45) is 2.70. The van der Waals surface area contributed by atoms with E-state index in [0.717, 1.165) is 24.8 Å². The van der Waals surface area contributed by atoms with Crippen LogP contribution in [0.1, 0.15) is 45.1 Å². The maximum absolute atomic E-state index is 4.65. The van der Waals surface area contributed by atoms with E-state index in [-0.39, 0.29) is 0 Å². The maximum atomic E-state index is 4.65. The van der Waals surface area contributed by atoms with Gasteiger partial charge < -0.3 is 5.32 Å². The van der Waals surface area contributed by atoms with Crippen LogP contribution in [-0.4, -0.2) is 15.8 Å². The third kappa shape index (κ3) is 2.81. The van der Waals surface area contributed by atoms with Gasteiger partial charge in [-0.05, 0) is 57.7 Å². The zero-order valence-electron chi connectivity index (χ0n) is 12.8. The lowest BCUT2D eigenvalue weighted by Gasteiger charge is -2.04. The van der Waals surface area contributed by atoms with E-state index < -0.39 is 0 Å². The van der Waals surface area contributed by atoms with Crippen molar-refractivity contribution in [3.63, 3.8) is 0 Å². The van der Waals surface area contributed by atoms with Crippen molar-refractivity contribution >= 4 is 11.3 Å². The highest BCUT2D eigenvalue weighted by atomic mass is 32.1. The molecule has 1 fully saturated rings. The molecule has 2 heterocycles. The first-order chi connectivity index (χ1) is 9.54. The summed E-state index contributed by atoms with van der Waals surface area (Å²) >= 11 is 1.92. The summed E-state index contributed by atoms with van der Waals surface area (Å²) in [4.78, 5) is 2.87. The van der Waals surface area contributed by atoms with Gasteiger partial charge in [-0.3, -0.25) is 4.68 Å². The number of aryl methyl sites for hydroxylation is 2. The molecule has 1 N–H and O–H groups in total. The van der Waals surface area contributed by atoms with Gasteiger partial charge in [-0.25, -0.2) is 0 Å². The molecule has 1 saturated carbocycles. The Balaban J connectivity index is 1.74. The van der Waals surface area contributed by atoms with E-state index in [1.54, 1.807) is 0 Å². The Kier molecular flexibility index (Phi) is 3.69. The van der Waals surface area contributed by atoms with E-state index in [1.807, 2.05) is 11.3 Å². The van der Waals surface area contributed by atoms with Crippen molar-refractivity contribution in [3.05, 3.63) is 38.3 Å². The predicted octanol–water partition coefficient (Wildman–Crippen LogP) is 3.48. The van der Waals surface area contributed by atoms with Crippen molar-refractivity contribution in [1.29, 1.82) is 0 Å². The minimum absolute atomic E-state index is 0.777. The second-order valence-electron chi connectivity index (χ2n) is 5.90. The Morgan fingerprint density at radius 2 is 2.05 bits per heavy atom. The summed E-state index contributed by atoms with van der Waals surface area (Å²) in [6.45, 7) is 10.5. The van der Waals surface area contributed by atoms with Crippen molar-refractivity contribution < 1.29 is 0 Å². The van der Waals surface area contributed by atoms with Crippen molar-refractivity contribution in [3.8, 4) is 0 Å². The SMILES string of the molecule is Cc1nn(Cc2cc(CNC3CC3)sc2C)c(C)c1C. The van der Waals surface area contributed by atoms with Gasteiger partial charge in [-0.15, -0.1) is 11.3 Å². The van der Waals surface area contributed by atoms with E-state index in [1.165, 1.54) is 39.4 Å². The second kappa shape index (κ2) is 5.34. The molecule has 0 atom stereocenters. The molecule has 0 spiro atoms. The van der Waals surface area contributed by atoms with Crippen LogP contribution in [0.5, 0.6) is 0 Å². The molecule has 2 aromatic rings. The Labute approximate surface area is 125 Å². The number of nitrogens with zero attached hydrogens (tertiary/aromatic N) is 2. The number of hydrogen-bond acceptors (Lipinski definition) is 3. The summed E-state index contributed by atoms with van der Waals surface area (Å²) in [5.74, 6) is 0. The highest BCUT2D eigenvalue weighted by Crippen LogP contribution is 2.25. The van der Waals surface area contributed by atoms with Gasteiger partial charge in [-0.2, -0.15) is 5.10 Å². The van der Waals surface area contributed by atoms with Gasteiger partial charge in [0, 0.05) is 28.0 Å². The van der Waals surface area contributed by atoms with Gasteiger partial charge in [0.2, 0.25) is 0 Å². The largest absolute Gasteiger partial charge is 0.309 e. The zero-order chi connectivity index (χ0) is 14.3. The van der Waals surface area contributed by atoms with Crippen molar-refractivity contribution in [2.75, 3.05) is 0 Å². The fourth-order valence-electron chi connectivity index (χ4n) is 2.47. The molecule has 0 saturated heterocycles. The van der Waals surface area contributed by atoms with Crippen LogP contribution in [0.25, 0.3) is 0 Å². The molecule has 1 aliphatic carbocycles. The minimum Gasteiger partial charge on any atom is -0.309 e. The first-order valence-corrected chi connectivity index (χ1v) is 8.18. The van der Waals surface area contributed by atoms with Crippen LogP contribution in [-0.2, 0) is 13.1 Å². The molecular formula is C16H23N3S. The van der Waals surface area contributed by atoms with E-state index in [2.05, 4.69) is 48.9 Å². The van der Waals surface area contributed by atoms with Crippen LogP contribution in [0, 0.1) is 27.7 Å². The van der Waals surface area contributed by atoms with Gasteiger partial charge in [0.05, 0.1) is 12.2 Å². The third-order valence-electron chi connectivity index (χ3n) is 4.28. The van der Waals surface area contributed by atoms with Gasteiger partial charge in [0.15, 0.2) is 0 Å². The fourth-order valence-corrected chi connectivity index (χ4v) is 3.47. The van der Waals surface area contributed by atoms with E-state index >= 15 is 0 Å². The molecule has 0 bridgehead atoms. The highest BCUT2D eigenvalue weighted by molar-refractivity contribution is 7.12. The molecule has 3 nitrogen and oxygen atoms in total. The zero-order valence-corrected chi connectivity index (χ0v) is 13.6. The molecule has 0 amide bonds. The number of rotatable bonds is 5. The van der Waals surface area contributed by atoms with Crippen LogP contribution >= 0.6 is 11.3 Å². The van der Waals surface area contributed by atoms with Crippen molar-refractivity contribution in [1.82, 2.24) is 15.1 Å². The standard InChI is InChI=1S/C16H23N3S/c1-10-11(2)18-19(12(10)3)9-14-7-16(20-13(14)4)8-17-15-5-6-15/h7,15,17H,5-6,8-9H2,1-4H3. The number of hydrogen-bond donors (Lipinski definition) is 1. The lowest BCUT2D eigenvalue weighted by molar-refractivity contribution is 0.656. The number of thiophene rings is 1. The average molecular weight is 289 g/mol. The summed E-state index contributed by atoms with van der Waals surface area (Å²) in [7, 11) is 0. The van der Waals surface area contributed by atoms with Gasteiger partial charge in [0.25, 0.3) is 0 Å². The van der Waals surface area contributed by atoms with Crippen LogP contribution in [0.2, 0.25) is 0 Å². The molecule has 108 valence electrons. The maximum Gasteiger partial charge on any atom is 0.0673 e. The number of nitrogens with one attached hydrogen (secondary N) is 1. The molecule has 0 aliphatic heterocycles. The van der Waals surface area contributed by atoms with Crippen LogP contribution in [0.3, 0.4) is 0 Å². The van der Waals surface area contributed by atoms with E-state index in [9.17, 15) is 0 Å². The smallest absolute Gasteiger partial charge is 0.0673 e. The monoisotopic (exact) mass is 289 g/mol. The van der Waals surface area contributed by atoms with Gasteiger partial charge in [0.1, 0.15) is 0 Å². The lowest BCUT2D eigenvalue weighted by Crippen LogP contribution is -2.14. The van der Waals surface area contributed by atoms with Crippen molar-refractivity contribution in [2.24, 2.45) is 0 Å². The summed E-state index contributed by atoms with van der Waals surface area (Å²) in [6, 6.07) is 3.13. The van der Waals surface area contributed by atoms with Crippen LogP contribution in [0.15, 0.2) is 6.07 Å². The molecular weight excluding hydrogens is 266 g/mol.